The summed E-state index contributed by atoms with van der Waals surface area (Å²) in [5, 5.41) is 5.22. The fraction of sp³-hybridized carbons (Fsp3) is 0.364. The largest absolute Gasteiger partial charge is 0.352 e. The van der Waals surface area contributed by atoms with E-state index in [-0.39, 0.29) is 42.8 Å². The van der Waals surface area contributed by atoms with Crippen molar-refractivity contribution in [1.82, 2.24) is 15.4 Å². The highest BCUT2D eigenvalue weighted by molar-refractivity contribution is 7.88. The van der Waals surface area contributed by atoms with Crippen LogP contribution in [0.1, 0.15) is 48.2 Å². The van der Waals surface area contributed by atoms with E-state index >= 15 is 0 Å². The van der Waals surface area contributed by atoms with E-state index in [1.165, 1.54) is 0 Å². The molecule has 2 aromatic rings. The Morgan fingerprint density at radius 2 is 1.69 bits per heavy atom. The van der Waals surface area contributed by atoms with Crippen molar-refractivity contribution >= 4 is 21.8 Å². The Morgan fingerprint density at radius 3 is 2.34 bits per heavy atom. The van der Waals surface area contributed by atoms with E-state index in [0.717, 1.165) is 12.1 Å². The minimum atomic E-state index is -3.50. The maximum Gasteiger partial charge on any atom is 0.254 e. The van der Waals surface area contributed by atoms with Crippen molar-refractivity contribution in [2.75, 3.05) is 6.54 Å². The first-order valence-corrected chi connectivity index (χ1v) is 11.8. The van der Waals surface area contributed by atoms with Crippen LogP contribution in [0.2, 0.25) is 0 Å². The van der Waals surface area contributed by atoms with Crippen LogP contribution in [0.25, 0.3) is 0 Å². The highest BCUT2D eigenvalue weighted by atomic mass is 32.2. The van der Waals surface area contributed by atoms with E-state index < -0.39 is 27.6 Å². The molecule has 2 aromatic carbocycles. The van der Waals surface area contributed by atoms with Gasteiger partial charge in [0.15, 0.2) is 0 Å². The standard InChI is InChI=1S/C22H27F2N3O4S/c1-15(2)27-32(30,31)14-17-7-4-3-6-16(17)13-26-21(28)8-5-11-25-22(29)19-10-9-18(23)12-20(19)24/h3-4,6-7,9-10,12,15,27H,5,8,11,13-14H2,1-2H3,(H,25,29)(H,26,28). The molecule has 2 amide bonds. The Kier molecular flexibility index (Phi) is 9.27. The van der Waals surface area contributed by atoms with Crippen LogP contribution in [-0.4, -0.2) is 32.8 Å². The summed E-state index contributed by atoms with van der Waals surface area (Å²) in [6.07, 6.45) is 0.427. The summed E-state index contributed by atoms with van der Waals surface area (Å²) >= 11 is 0. The summed E-state index contributed by atoms with van der Waals surface area (Å²) in [5.41, 5.74) is 1.01. The van der Waals surface area contributed by atoms with E-state index in [0.29, 0.717) is 23.6 Å². The van der Waals surface area contributed by atoms with Gasteiger partial charge in [-0.25, -0.2) is 21.9 Å². The van der Waals surface area contributed by atoms with E-state index in [9.17, 15) is 26.8 Å². The molecule has 0 bridgehead atoms. The normalized spacial score (nSPS) is 11.4. The van der Waals surface area contributed by atoms with Crippen LogP contribution in [-0.2, 0) is 27.1 Å². The molecular weight excluding hydrogens is 440 g/mol. The summed E-state index contributed by atoms with van der Waals surface area (Å²) in [6.45, 7) is 3.78. The van der Waals surface area contributed by atoms with Gasteiger partial charge in [0.05, 0.1) is 11.3 Å². The van der Waals surface area contributed by atoms with Crippen molar-refractivity contribution in [3.8, 4) is 0 Å². The lowest BCUT2D eigenvalue weighted by atomic mass is 10.1. The first-order chi connectivity index (χ1) is 15.1. The topological polar surface area (TPSA) is 104 Å². The number of carbonyl (C=O) groups excluding carboxylic acids is 2. The van der Waals surface area contributed by atoms with Gasteiger partial charge in [0.2, 0.25) is 15.9 Å². The molecule has 0 saturated carbocycles. The van der Waals surface area contributed by atoms with Crippen molar-refractivity contribution in [2.45, 2.75) is 45.0 Å². The lowest BCUT2D eigenvalue weighted by Crippen LogP contribution is -2.32. The number of halogens is 2. The smallest absolute Gasteiger partial charge is 0.254 e. The lowest BCUT2D eigenvalue weighted by molar-refractivity contribution is -0.121. The Hall–Kier alpha value is -2.85. The summed E-state index contributed by atoms with van der Waals surface area (Å²) in [7, 11) is -3.50. The third kappa shape index (κ3) is 8.35. The Balaban J connectivity index is 1.79. The number of nitrogens with one attached hydrogen (secondary N) is 3. The van der Waals surface area contributed by atoms with E-state index in [1.807, 2.05) is 0 Å². The monoisotopic (exact) mass is 467 g/mol. The van der Waals surface area contributed by atoms with Gasteiger partial charge < -0.3 is 10.6 Å². The fourth-order valence-corrected chi connectivity index (χ4v) is 4.47. The van der Waals surface area contributed by atoms with Gasteiger partial charge >= 0.3 is 0 Å². The van der Waals surface area contributed by atoms with Crippen molar-refractivity contribution in [3.63, 3.8) is 0 Å². The molecule has 0 fully saturated rings. The minimum Gasteiger partial charge on any atom is -0.352 e. The van der Waals surface area contributed by atoms with Crippen molar-refractivity contribution < 1.29 is 26.8 Å². The molecule has 0 atom stereocenters. The molecular formula is C22H27F2N3O4S. The van der Waals surface area contributed by atoms with Crippen LogP contribution < -0.4 is 15.4 Å². The van der Waals surface area contributed by atoms with Crippen molar-refractivity contribution in [3.05, 3.63) is 70.8 Å². The van der Waals surface area contributed by atoms with E-state index in [4.69, 9.17) is 0 Å². The minimum absolute atomic E-state index is 0.113. The molecule has 0 aliphatic carbocycles. The van der Waals surface area contributed by atoms with Gasteiger partial charge in [-0.05, 0) is 43.5 Å². The Morgan fingerprint density at radius 1 is 1.00 bits per heavy atom. The highest BCUT2D eigenvalue weighted by Crippen LogP contribution is 2.13. The second-order valence-corrected chi connectivity index (χ2v) is 9.31. The summed E-state index contributed by atoms with van der Waals surface area (Å²) in [6, 6.07) is 9.41. The van der Waals surface area contributed by atoms with Gasteiger partial charge in [-0.1, -0.05) is 24.3 Å². The molecule has 0 aromatic heterocycles. The molecule has 0 aliphatic heterocycles. The molecule has 10 heteroatoms. The summed E-state index contributed by atoms with van der Waals surface area (Å²) in [4.78, 5) is 24.0. The van der Waals surface area contributed by atoms with E-state index in [1.54, 1.807) is 38.1 Å². The average Bonchev–Trinajstić information content (AvgIpc) is 2.69. The Bertz CT molecular complexity index is 1060. The number of rotatable bonds is 11. The van der Waals surface area contributed by atoms with Gasteiger partial charge in [0.25, 0.3) is 5.91 Å². The number of amides is 2. The zero-order valence-corrected chi connectivity index (χ0v) is 18.8. The van der Waals surface area contributed by atoms with Gasteiger partial charge in [-0.3, -0.25) is 9.59 Å². The van der Waals surface area contributed by atoms with Crippen LogP contribution in [0, 0.1) is 11.6 Å². The predicted molar refractivity (Wildman–Crippen MR) is 117 cm³/mol. The zero-order valence-electron chi connectivity index (χ0n) is 18.0. The molecule has 0 unspecified atom stereocenters. The first kappa shape index (κ1) is 25.4. The molecule has 0 saturated heterocycles. The van der Waals surface area contributed by atoms with Gasteiger partial charge in [0, 0.05) is 31.6 Å². The van der Waals surface area contributed by atoms with Crippen LogP contribution in [0.4, 0.5) is 8.78 Å². The molecule has 0 aliphatic rings. The molecule has 0 spiro atoms. The van der Waals surface area contributed by atoms with E-state index in [2.05, 4.69) is 15.4 Å². The fourth-order valence-electron chi connectivity index (χ4n) is 2.98. The Labute approximate surface area is 186 Å². The van der Waals surface area contributed by atoms with Gasteiger partial charge in [0.1, 0.15) is 11.6 Å². The second kappa shape index (κ2) is 11.7. The first-order valence-electron chi connectivity index (χ1n) is 10.1. The molecule has 32 heavy (non-hydrogen) atoms. The van der Waals surface area contributed by atoms with Gasteiger partial charge in [-0.15, -0.1) is 0 Å². The van der Waals surface area contributed by atoms with Crippen LogP contribution in [0.3, 0.4) is 0 Å². The van der Waals surface area contributed by atoms with Crippen molar-refractivity contribution in [2.24, 2.45) is 0 Å². The third-order valence-electron chi connectivity index (χ3n) is 4.40. The number of carbonyl (C=O) groups is 2. The summed E-state index contributed by atoms with van der Waals surface area (Å²) in [5.74, 6) is -2.88. The third-order valence-corrected chi connectivity index (χ3v) is 5.92. The quantitative estimate of drug-likeness (QED) is 0.442. The zero-order chi connectivity index (χ0) is 23.7. The maximum absolute atomic E-state index is 13.6. The van der Waals surface area contributed by atoms with Crippen LogP contribution in [0.5, 0.6) is 0 Å². The highest BCUT2D eigenvalue weighted by Gasteiger charge is 2.16. The second-order valence-electron chi connectivity index (χ2n) is 7.56. The number of sulfonamides is 1. The number of hydrogen-bond donors (Lipinski definition) is 3. The lowest BCUT2D eigenvalue weighted by Gasteiger charge is -2.13. The molecule has 174 valence electrons. The van der Waals surface area contributed by atoms with Crippen molar-refractivity contribution in [1.29, 1.82) is 0 Å². The molecule has 3 N–H and O–H groups in total. The molecule has 0 heterocycles. The molecule has 0 radical (unpaired) electrons. The molecule has 2 rings (SSSR count). The van der Waals surface area contributed by atoms with Gasteiger partial charge in [-0.2, -0.15) is 0 Å². The number of hydrogen-bond acceptors (Lipinski definition) is 4. The average molecular weight is 468 g/mol. The molecule has 7 nitrogen and oxygen atoms in total. The number of benzene rings is 2. The van der Waals surface area contributed by atoms with Crippen LogP contribution in [0.15, 0.2) is 42.5 Å². The summed E-state index contributed by atoms with van der Waals surface area (Å²) < 4.78 is 53.4. The van der Waals surface area contributed by atoms with Crippen LogP contribution >= 0.6 is 0 Å². The maximum atomic E-state index is 13.6. The predicted octanol–water partition coefficient (Wildman–Crippen LogP) is 2.62. The SMILES string of the molecule is CC(C)NS(=O)(=O)Cc1ccccc1CNC(=O)CCCNC(=O)c1ccc(F)cc1F.